The Balaban J connectivity index is 0.00000242. The highest BCUT2D eigenvalue weighted by atomic mass is 127. The third-order valence-electron chi connectivity index (χ3n) is 2.84. The molecule has 0 amide bonds. The second-order valence-electron chi connectivity index (χ2n) is 4.50. The molecular formula is C16H20BrIN4. The Morgan fingerprint density at radius 1 is 1.14 bits per heavy atom. The second-order valence-corrected chi connectivity index (χ2v) is 5.41. The molecule has 0 atom stereocenters. The Kier molecular flexibility index (Phi) is 9.07. The van der Waals surface area contributed by atoms with Gasteiger partial charge in [-0.1, -0.05) is 34.1 Å². The number of hydrogen-bond acceptors (Lipinski definition) is 2. The lowest BCUT2D eigenvalue weighted by Crippen LogP contribution is -2.36. The first-order valence-corrected chi connectivity index (χ1v) is 7.73. The number of halogens is 2. The van der Waals surface area contributed by atoms with Crippen LogP contribution >= 0.6 is 39.9 Å². The lowest BCUT2D eigenvalue weighted by atomic mass is 10.2. The molecular weight excluding hydrogens is 455 g/mol. The highest BCUT2D eigenvalue weighted by Gasteiger charge is 1.99. The molecule has 4 nitrogen and oxygen atoms in total. The molecule has 1 heterocycles. The van der Waals surface area contributed by atoms with E-state index in [1.807, 2.05) is 30.3 Å². The van der Waals surface area contributed by atoms with Crippen LogP contribution in [0.3, 0.4) is 0 Å². The molecule has 0 radical (unpaired) electrons. The van der Waals surface area contributed by atoms with E-state index in [1.54, 1.807) is 6.20 Å². The smallest absolute Gasteiger partial charge is 0.191 e. The first-order chi connectivity index (χ1) is 10.3. The zero-order valence-corrected chi connectivity index (χ0v) is 16.3. The van der Waals surface area contributed by atoms with Gasteiger partial charge in [-0.3, -0.25) is 4.98 Å². The van der Waals surface area contributed by atoms with E-state index in [0.717, 1.165) is 22.7 Å². The largest absolute Gasteiger partial charge is 0.357 e. The minimum atomic E-state index is 0. The van der Waals surface area contributed by atoms with Crippen molar-refractivity contribution in [2.24, 2.45) is 4.99 Å². The summed E-state index contributed by atoms with van der Waals surface area (Å²) in [6.07, 6.45) is 1.79. The van der Waals surface area contributed by atoms with Gasteiger partial charge in [0.15, 0.2) is 5.96 Å². The number of pyridine rings is 1. The average molecular weight is 475 g/mol. The maximum absolute atomic E-state index is 4.58. The predicted octanol–water partition coefficient (Wildman–Crippen LogP) is 3.72. The number of aliphatic imine (C=N–C) groups is 1. The molecule has 22 heavy (non-hydrogen) atoms. The van der Waals surface area contributed by atoms with E-state index >= 15 is 0 Å². The quantitative estimate of drug-likeness (QED) is 0.394. The van der Waals surface area contributed by atoms with Gasteiger partial charge in [-0.2, -0.15) is 0 Å². The Morgan fingerprint density at radius 2 is 1.91 bits per heavy atom. The molecule has 0 aliphatic rings. The molecule has 2 aromatic rings. The zero-order valence-electron chi connectivity index (χ0n) is 12.4. The molecule has 6 heteroatoms. The monoisotopic (exact) mass is 474 g/mol. The molecule has 1 aromatic heterocycles. The molecule has 2 rings (SSSR count). The fraction of sp³-hybridized carbons (Fsp3) is 0.250. The molecule has 118 valence electrons. The van der Waals surface area contributed by atoms with Gasteiger partial charge in [0.05, 0.1) is 18.8 Å². The Morgan fingerprint density at radius 3 is 2.55 bits per heavy atom. The van der Waals surface area contributed by atoms with Crippen LogP contribution in [-0.4, -0.2) is 17.5 Å². The van der Waals surface area contributed by atoms with Crippen LogP contribution in [0.25, 0.3) is 0 Å². The normalized spacial score (nSPS) is 10.7. The molecule has 0 saturated carbocycles. The summed E-state index contributed by atoms with van der Waals surface area (Å²) >= 11 is 3.43. The van der Waals surface area contributed by atoms with Crippen molar-refractivity contribution in [2.75, 3.05) is 6.54 Å². The van der Waals surface area contributed by atoms with Crippen molar-refractivity contribution in [1.82, 2.24) is 15.6 Å². The van der Waals surface area contributed by atoms with E-state index in [2.05, 4.69) is 55.6 Å². The van der Waals surface area contributed by atoms with Crippen LogP contribution in [0.4, 0.5) is 0 Å². The molecule has 2 N–H and O–H groups in total. The van der Waals surface area contributed by atoms with Crippen molar-refractivity contribution in [3.63, 3.8) is 0 Å². The van der Waals surface area contributed by atoms with Crippen LogP contribution in [0.1, 0.15) is 18.2 Å². The summed E-state index contributed by atoms with van der Waals surface area (Å²) in [6, 6.07) is 14.1. The number of rotatable bonds is 5. The van der Waals surface area contributed by atoms with Crippen LogP contribution in [0.2, 0.25) is 0 Å². The highest BCUT2D eigenvalue weighted by molar-refractivity contribution is 14.0. The Hall–Kier alpha value is -1.15. The summed E-state index contributed by atoms with van der Waals surface area (Å²) in [5, 5.41) is 6.52. The molecule has 0 aliphatic heterocycles. The van der Waals surface area contributed by atoms with E-state index in [0.29, 0.717) is 13.1 Å². The summed E-state index contributed by atoms with van der Waals surface area (Å²) in [5.41, 5.74) is 2.17. The van der Waals surface area contributed by atoms with Crippen molar-refractivity contribution in [3.05, 3.63) is 64.4 Å². The van der Waals surface area contributed by atoms with Gasteiger partial charge in [-0.05, 0) is 36.8 Å². The van der Waals surface area contributed by atoms with Crippen LogP contribution in [0.5, 0.6) is 0 Å². The fourth-order valence-corrected chi connectivity index (χ4v) is 2.04. The Labute approximate surface area is 157 Å². The summed E-state index contributed by atoms with van der Waals surface area (Å²) < 4.78 is 1.08. The van der Waals surface area contributed by atoms with E-state index < -0.39 is 0 Å². The number of guanidine groups is 1. The van der Waals surface area contributed by atoms with Crippen LogP contribution in [0, 0.1) is 0 Å². The van der Waals surface area contributed by atoms with Gasteiger partial charge in [0, 0.05) is 17.2 Å². The maximum atomic E-state index is 4.58. The third-order valence-corrected chi connectivity index (χ3v) is 3.37. The number of nitrogens with zero attached hydrogens (tertiary/aromatic N) is 2. The first-order valence-electron chi connectivity index (χ1n) is 6.94. The molecule has 0 saturated heterocycles. The maximum Gasteiger partial charge on any atom is 0.191 e. The summed E-state index contributed by atoms with van der Waals surface area (Å²) in [7, 11) is 0. The van der Waals surface area contributed by atoms with Crippen LogP contribution in [0.15, 0.2) is 58.1 Å². The number of benzene rings is 1. The first kappa shape index (κ1) is 18.9. The second kappa shape index (κ2) is 10.6. The topological polar surface area (TPSA) is 49.3 Å². The van der Waals surface area contributed by atoms with Gasteiger partial charge in [0.2, 0.25) is 0 Å². The third kappa shape index (κ3) is 6.74. The average Bonchev–Trinajstić information content (AvgIpc) is 2.52. The molecule has 0 aliphatic carbocycles. The molecule has 1 aromatic carbocycles. The van der Waals surface area contributed by atoms with Gasteiger partial charge in [0.25, 0.3) is 0 Å². The van der Waals surface area contributed by atoms with Gasteiger partial charge in [0.1, 0.15) is 0 Å². The molecule has 0 spiro atoms. The molecule has 0 fully saturated rings. The van der Waals surface area contributed by atoms with Gasteiger partial charge in [-0.25, -0.2) is 4.99 Å². The van der Waals surface area contributed by atoms with E-state index in [9.17, 15) is 0 Å². The lowest BCUT2D eigenvalue weighted by molar-refractivity contribution is 0.799. The van der Waals surface area contributed by atoms with Crippen molar-refractivity contribution < 1.29 is 0 Å². The van der Waals surface area contributed by atoms with Crippen LogP contribution in [-0.2, 0) is 13.1 Å². The van der Waals surface area contributed by atoms with Crippen molar-refractivity contribution in [3.8, 4) is 0 Å². The van der Waals surface area contributed by atoms with Gasteiger partial charge in [-0.15, -0.1) is 24.0 Å². The standard InChI is InChI=1S/C16H19BrN4.HI/c1-2-18-16(21-12-15-5-3-4-10-19-15)20-11-13-6-8-14(17)9-7-13;/h3-10H,2,11-12H2,1H3,(H2,18,20,21);1H. The van der Waals surface area contributed by atoms with E-state index in [-0.39, 0.29) is 24.0 Å². The van der Waals surface area contributed by atoms with Gasteiger partial charge >= 0.3 is 0 Å². The highest BCUT2D eigenvalue weighted by Crippen LogP contribution is 2.11. The molecule has 0 bridgehead atoms. The van der Waals surface area contributed by atoms with Crippen molar-refractivity contribution in [2.45, 2.75) is 20.0 Å². The minimum absolute atomic E-state index is 0. The lowest BCUT2D eigenvalue weighted by Gasteiger charge is -2.11. The van der Waals surface area contributed by atoms with Crippen LogP contribution < -0.4 is 10.6 Å². The zero-order chi connectivity index (χ0) is 14.9. The Bertz CT molecular complexity index is 572. The van der Waals surface area contributed by atoms with Crippen molar-refractivity contribution in [1.29, 1.82) is 0 Å². The predicted molar refractivity (Wildman–Crippen MR) is 105 cm³/mol. The number of hydrogen-bond donors (Lipinski definition) is 2. The van der Waals surface area contributed by atoms with E-state index in [4.69, 9.17) is 0 Å². The fourth-order valence-electron chi connectivity index (χ4n) is 1.78. The minimum Gasteiger partial charge on any atom is -0.357 e. The van der Waals surface area contributed by atoms with Gasteiger partial charge < -0.3 is 10.6 Å². The summed E-state index contributed by atoms with van der Waals surface area (Å²) in [4.78, 5) is 8.87. The number of aromatic nitrogens is 1. The van der Waals surface area contributed by atoms with Crippen molar-refractivity contribution >= 4 is 45.9 Å². The SMILES string of the molecule is CCNC(=NCc1ccc(Br)cc1)NCc1ccccn1.I. The number of nitrogens with one attached hydrogen (secondary N) is 2. The summed E-state index contributed by atoms with van der Waals surface area (Å²) in [5.74, 6) is 0.797. The molecule has 0 unspecified atom stereocenters. The summed E-state index contributed by atoms with van der Waals surface area (Å²) in [6.45, 7) is 4.18. The van der Waals surface area contributed by atoms with E-state index in [1.165, 1.54) is 5.56 Å².